The van der Waals surface area contributed by atoms with Gasteiger partial charge in [-0.25, -0.2) is 16.8 Å². The Morgan fingerprint density at radius 2 is 0.661 bits per heavy atom. The van der Waals surface area contributed by atoms with E-state index in [-0.39, 0.29) is 83.5 Å². The zero-order chi connectivity index (χ0) is 43.2. The monoisotopic (exact) mass is 1070 g/mol. The SMILES string of the molecule is CCCCC(CC)COC(=O)CC(C(=O)OCC(CC)CCCC)S(=O)(=O)[O-].CCCCC(CC)COC(=O)CC(C(=O)OCC(CC)CCCC)S(=O)(=O)[O-].N.N.[Pt+2]. The fraction of sp³-hybridized carbons (Fsp3) is 0.900. The quantitative estimate of drug-likeness (QED) is 0.0367. The van der Waals surface area contributed by atoms with Crippen LogP contribution in [-0.4, -0.2) is 86.7 Å². The van der Waals surface area contributed by atoms with Crippen LogP contribution in [0.2, 0.25) is 0 Å². The van der Waals surface area contributed by atoms with Crippen molar-refractivity contribution in [3.05, 3.63) is 0 Å². The molecule has 0 rings (SSSR count). The molecule has 16 nitrogen and oxygen atoms in total. The Bertz CT molecular complexity index is 1210. The Hall–Kier alpha value is -1.69. The normalized spacial score (nSPS) is 14.1. The minimum atomic E-state index is -5.01. The van der Waals surface area contributed by atoms with E-state index in [1.165, 1.54) is 0 Å². The van der Waals surface area contributed by atoms with Gasteiger partial charge in [-0.05, 0) is 49.4 Å². The number of carbonyl (C=O) groups excluding carboxylic acids is 4. The number of rotatable bonds is 32. The topological polar surface area (TPSA) is 290 Å². The van der Waals surface area contributed by atoms with Gasteiger partial charge in [0.05, 0.1) is 39.3 Å². The van der Waals surface area contributed by atoms with E-state index in [1.54, 1.807) is 0 Å². The summed E-state index contributed by atoms with van der Waals surface area (Å²) in [6, 6.07) is 0. The predicted octanol–water partition coefficient (Wildman–Crippen LogP) is 7.94. The number of ether oxygens (including phenoxy) is 4. The van der Waals surface area contributed by atoms with E-state index in [1.807, 2.05) is 27.7 Å². The molecule has 0 bridgehead atoms. The van der Waals surface area contributed by atoms with Crippen molar-refractivity contribution in [3.8, 4) is 0 Å². The number of hydrogen-bond acceptors (Lipinski definition) is 16. The van der Waals surface area contributed by atoms with E-state index in [4.69, 9.17) is 18.9 Å². The Labute approximate surface area is 371 Å². The van der Waals surface area contributed by atoms with Gasteiger partial charge in [0.25, 0.3) is 0 Å². The third kappa shape index (κ3) is 33.6. The molecule has 0 aliphatic rings. The van der Waals surface area contributed by atoms with Gasteiger partial charge in [0.15, 0.2) is 10.5 Å². The summed E-state index contributed by atoms with van der Waals surface area (Å²) in [5.74, 6) is -3.49. The number of unbranched alkanes of at least 4 members (excludes halogenated alkanes) is 4. The average molecular weight is 1070 g/mol. The Morgan fingerprint density at radius 1 is 0.441 bits per heavy atom. The maximum atomic E-state index is 12.1. The van der Waals surface area contributed by atoms with Crippen molar-refractivity contribution in [3.63, 3.8) is 0 Å². The molecule has 0 amide bonds. The van der Waals surface area contributed by atoms with Gasteiger partial charge < -0.3 is 40.4 Å². The molecule has 0 aliphatic heterocycles. The molecule has 0 saturated heterocycles. The molecule has 0 aromatic carbocycles. The van der Waals surface area contributed by atoms with Crippen LogP contribution in [0.4, 0.5) is 0 Å². The maximum absolute atomic E-state index is 12.1. The minimum Gasteiger partial charge on any atom is -0.747 e. The molecule has 0 aliphatic carbocycles. The van der Waals surface area contributed by atoms with Crippen LogP contribution in [0.25, 0.3) is 0 Å². The first-order valence-corrected chi connectivity index (χ1v) is 23.9. The van der Waals surface area contributed by atoms with Crippen molar-refractivity contribution in [2.24, 2.45) is 23.7 Å². The smallest absolute Gasteiger partial charge is 0.747 e. The summed E-state index contributed by atoms with van der Waals surface area (Å²) < 4.78 is 89.1. The third-order valence-corrected chi connectivity index (χ3v) is 12.1. The van der Waals surface area contributed by atoms with E-state index in [0.717, 1.165) is 103 Å². The summed E-state index contributed by atoms with van der Waals surface area (Å²) in [5, 5.41) is -4.11. The summed E-state index contributed by atoms with van der Waals surface area (Å²) in [5.41, 5.74) is 0. The van der Waals surface area contributed by atoms with Crippen molar-refractivity contribution in [1.29, 1.82) is 0 Å². The van der Waals surface area contributed by atoms with E-state index >= 15 is 0 Å². The van der Waals surface area contributed by atoms with Gasteiger partial charge in [0.2, 0.25) is 0 Å². The van der Waals surface area contributed by atoms with Crippen LogP contribution in [0.15, 0.2) is 0 Å². The second kappa shape index (κ2) is 39.2. The van der Waals surface area contributed by atoms with E-state index in [0.29, 0.717) is 0 Å². The van der Waals surface area contributed by atoms with Gasteiger partial charge in [-0.15, -0.1) is 0 Å². The first-order valence-electron chi connectivity index (χ1n) is 20.9. The number of hydrogen-bond donors (Lipinski definition) is 2. The molecule has 0 spiro atoms. The molecule has 6 atom stereocenters. The molecular weight excluding hydrogens is 992 g/mol. The van der Waals surface area contributed by atoms with Crippen LogP contribution in [0, 0.1) is 23.7 Å². The van der Waals surface area contributed by atoms with Crippen LogP contribution in [0.5, 0.6) is 0 Å². The van der Waals surface area contributed by atoms with Crippen LogP contribution in [0.3, 0.4) is 0 Å². The summed E-state index contributed by atoms with van der Waals surface area (Å²) >= 11 is 0. The van der Waals surface area contributed by atoms with Gasteiger partial charge in [0.1, 0.15) is 20.2 Å². The molecule has 6 unspecified atom stereocenters. The molecular formula is C40H80N2O14PtS2. The summed E-state index contributed by atoms with van der Waals surface area (Å²) in [4.78, 5) is 48.3. The first kappa shape index (κ1) is 66.4. The Balaban J connectivity index is -0.000000314. The van der Waals surface area contributed by atoms with Crippen molar-refractivity contribution in [2.45, 2.75) is 181 Å². The van der Waals surface area contributed by atoms with E-state index in [9.17, 15) is 45.1 Å². The molecule has 0 aromatic rings. The van der Waals surface area contributed by atoms with E-state index < -0.39 is 67.5 Å². The second-order valence-electron chi connectivity index (χ2n) is 14.7. The van der Waals surface area contributed by atoms with Crippen LogP contribution < -0.4 is 12.3 Å². The molecule has 0 aromatic heterocycles. The average Bonchev–Trinajstić information content (AvgIpc) is 3.15. The Kier molecular flexibility index (Phi) is 44.1. The van der Waals surface area contributed by atoms with Crippen molar-refractivity contribution in [2.75, 3.05) is 26.4 Å². The van der Waals surface area contributed by atoms with E-state index in [2.05, 4.69) is 27.7 Å². The third-order valence-electron chi connectivity index (χ3n) is 9.98. The molecule has 19 heteroatoms. The molecule has 0 fully saturated rings. The predicted molar refractivity (Wildman–Crippen MR) is 223 cm³/mol. The van der Waals surface area contributed by atoms with Crippen molar-refractivity contribution >= 4 is 44.1 Å². The fourth-order valence-corrected chi connectivity index (χ4v) is 6.91. The second-order valence-corrected chi connectivity index (χ2v) is 17.8. The Morgan fingerprint density at radius 3 is 0.847 bits per heavy atom. The summed E-state index contributed by atoms with van der Waals surface area (Å²) in [6.45, 7) is 16.5. The van der Waals surface area contributed by atoms with Crippen molar-refractivity contribution in [1.82, 2.24) is 12.3 Å². The largest absolute Gasteiger partial charge is 2.00 e. The summed E-state index contributed by atoms with van der Waals surface area (Å²) in [6.07, 6.45) is 13.2. The minimum absolute atomic E-state index is 0. The molecule has 6 N–H and O–H groups in total. The zero-order valence-corrected chi connectivity index (χ0v) is 41.2. The zero-order valence-electron chi connectivity index (χ0n) is 37.3. The van der Waals surface area contributed by atoms with Crippen LogP contribution in [0.1, 0.15) is 171 Å². The number of esters is 4. The first-order chi connectivity index (χ1) is 26.4. The van der Waals surface area contributed by atoms with Crippen LogP contribution in [-0.2, 0) is 79.4 Å². The molecule has 356 valence electrons. The maximum Gasteiger partial charge on any atom is 2.00 e. The summed E-state index contributed by atoms with van der Waals surface area (Å²) in [7, 11) is -10.0. The van der Waals surface area contributed by atoms with Gasteiger partial charge in [-0.2, -0.15) is 0 Å². The number of carbonyl (C=O) groups is 4. The molecule has 0 saturated carbocycles. The van der Waals surface area contributed by atoms with Gasteiger partial charge >= 0.3 is 44.9 Å². The standard InChI is InChI=1S/2C20H38O7S.2H3N.Pt/c2*1-5-9-11-16(7-3)14-26-19(21)13-18(28(23,24)25)20(22)27-15-17(8-4)12-10-6-2;;;/h2*16-18H,5-15H2,1-4H3,(H,23,24,25);2*1H3;/q;;;;+2/p-2. The van der Waals surface area contributed by atoms with Crippen LogP contribution >= 0.6 is 0 Å². The molecule has 0 heterocycles. The van der Waals surface area contributed by atoms with Crippen molar-refractivity contribution < 1.29 is 85.1 Å². The van der Waals surface area contributed by atoms with Gasteiger partial charge in [-0.1, -0.05) is 132 Å². The van der Waals surface area contributed by atoms with Gasteiger partial charge in [0, 0.05) is 0 Å². The molecule has 59 heavy (non-hydrogen) atoms. The van der Waals surface area contributed by atoms with Gasteiger partial charge in [-0.3, -0.25) is 19.2 Å². The fourth-order valence-electron chi connectivity index (χ4n) is 5.63. The molecule has 0 radical (unpaired) electrons.